The van der Waals surface area contributed by atoms with E-state index >= 15 is 0 Å². The number of aromatic nitrogens is 2. The number of halogens is 1. The van der Waals surface area contributed by atoms with E-state index in [0.29, 0.717) is 23.1 Å². The minimum Gasteiger partial charge on any atom is -0.295 e. The highest BCUT2D eigenvalue weighted by atomic mass is 19.1. The van der Waals surface area contributed by atoms with Crippen molar-refractivity contribution in [1.82, 2.24) is 9.55 Å². The third-order valence-corrected chi connectivity index (χ3v) is 4.47. The number of ketones is 1. The van der Waals surface area contributed by atoms with Gasteiger partial charge in [0.05, 0.1) is 16.6 Å². The van der Waals surface area contributed by atoms with Gasteiger partial charge in [-0.1, -0.05) is 26.0 Å². The highest BCUT2D eigenvalue weighted by molar-refractivity contribution is 5.92. The molecule has 3 rings (SSSR count). The van der Waals surface area contributed by atoms with Crippen molar-refractivity contribution in [2.45, 2.75) is 33.6 Å². The molecule has 0 bridgehead atoms. The highest BCUT2D eigenvalue weighted by Gasteiger charge is 2.14. The van der Waals surface area contributed by atoms with E-state index in [9.17, 15) is 14.0 Å². The Labute approximate surface area is 157 Å². The van der Waals surface area contributed by atoms with E-state index in [0.717, 1.165) is 12.1 Å². The molecule has 0 radical (unpaired) electrons. The number of nitrogens with zero attached hydrogens (tertiary/aromatic N) is 2. The van der Waals surface area contributed by atoms with Gasteiger partial charge >= 0.3 is 0 Å². The van der Waals surface area contributed by atoms with E-state index in [-0.39, 0.29) is 16.9 Å². The van der Waals surface area contributed by atoms with Crippen LogP contribution in [0, 0.1) is 5.82 Å². The number of fused-ring (bicyclic) bond motifs is 1. The molecule has 1 heterocycles. The Bertz CT molecular complexity index is 1100. The number of hydrogen-bond donors (Lipinski definition) is 0. The zero-order chi connectivity index (χ0) is 19.6. The van der Waals surface area contributed by atoms with Crippen LogP contribution in [0.1, 0.15) is 37.7 Å². The average Bonchev–Trinajstić information content (AvgIpc) is 2.66. The Hall–Kier alpha value is -3.08. The number of aryl methyl sites for hydroxylation is 2. The summed E-state index contributed by atoms with van der Waals surface area (Å²) >= 11 is 0. The predicted molar refractivity (Wildman–Crippen MR) is 106 cm³/mol. The minimum atomic E-state index is -0.515. The van der Waals surface area contributed by atoms with Gasteiger partial charge in [0, 0.05) is 18.1 Å². The second kappa shape index (κ2) is 7.66. The van der Waals surface area contributed by atoms with E-state index in [1.54, 1.807) is 4.57 Å². The van der Waals surface area contributed by atoms with Gasteiger partial charge in [0.1, 0.15) is 11.6 Å². The smallest absolute Gasteiger partial charge is 0.265 e. The van der Waals surface area contributed by atoms with Crippen LogP contribution in [-0.2, 0) is 17.6 Å². The zero-order valence-corrected chi connectivity index (χ0v) is 15.6. The maximum atomic E-state index is 14.3. The lowest BCUT2D eigenvalue weighted by molar-refractivity contribution is -0.112. The molecule has 138 valence electrons. The summed E-state index contributed by atoms with van der Waals surface area (Å²) in [4.78, 5) is 28.8. The largest absolute Gasteiger partial charge is 0.295 e. The first-order valence-corrected chi connectivity index (χ1v) is 8.97. The molecule has 0 N–H and O–H groups in total. The lowest BCUT2D eigenvalue weighted by Crippen LogP contribution is -2.24. The molecule has 27 heavy (non-hydrogen) atoms. The number of allylic oxidation sites excluding steroid dienone is 1. The first-order valence-electron chi connectivity index (χ1n) is 8.97. The van der Waals surface area contributed by atoms with Gasteiger partial charge in [-0.15, -0.1) is 0 Å². The fourth-order valence-corrected chi connectivity index (χ4v) is 2.99. The fourth-order valence-electron chi connectivity index (χ4n) is 2.99. The summed E-state index contributed by atoms with van der Waals surface area (Å²) in [5.41, 5.74) is 2.16. The molecule has 2 aromatic carbocycles. The first-order chi connectivity index (χ1) is 12.9. The molecule has 0 fully saturated rings. The van der Waals surface area contributed by atoms with Gasteiger partial charge in [-0.2, -0.15) is 0 Å². The topological polar surface area (TPSA) is 52.0 Å². The van der Waals surface area contributed by atoms with Gasteiger partial charge in [0.2, 0.25) is 0 Å². The molecule has 0 aliphatic carbocycles. The number of rotatable bonds is 5. The molecule has 3 aromatic rings. The monoisotopic (exact) mass is 364 g/mol. The van der Waals surface area contributed by atoms with Crippen LogP contribution in [0.2, 0.25) is 0 Å². The molecule has 0 aliphatic heterocycles. The van der Waals surface area contributed by atoms with Gasteiger partial charge in [-0.3, -0.25) is 14.2 Å². The summed E-state index contributed by atoms with van der Waals surface area (Å²) in [5, 5.41) is 0.316. The van der Waals surface area contributed by atoms with Gasteiger partial charge in [0.25, 0.3) is 5.56 Å². The van der Waals surface area contributed by atoms with Crippen molar-refractivity contribution in [3.8, 4) is 5.69 Å². The van der Waals surface area contributed by atoms with E-state index < -0.39 is 5.82 Å². The van der Waals surface area contributed by atoms with Crippen LogP contribution in [0.25, 0.3) is 22.7 Å². The van der Waals surface area contributed by atoms with Crippen molar-refractivity contribution in [3.05, 3.63) is 75.6 Å². The Kier molecular flexibility index (Phi) is 5.31. The quantitative estimate of drug-likeness (QED) is 0.636. The van der Waals surface area contributed by atoms with Crippen LogP contribution in [0.15, 0.2) is 47.3 Å². The van der Waals surface area contributed by atoms with Crippen LogP contribution >= 0.6 is 0 Å². The summed E-state index contributed by atoms with van der Waals surface area (Å²) in [5.74, 6) is -0.135. The Morgan fingerprint density at radius 3 is 2.44 bits per heavy atom. The van der Waals surface area contributed by atoms with Crippen molar-refractivity contribution in [3.63, 3.8) is 0 Å². The van der Waals surface area contributed by atoms with Gasteiger partial charge in [-0.05, 0) is 49.3 Å². The van der Waals surface area contributed by atoms with Crippen molar-refractivity contribution >= 4 is 22.8 Å². The van der Waals surface area contributed by atoms with E-state index in [1.165, 1.54) is 36.8 Å². The van der Waals surface area contributed by atoms with Crippen molar-refractivity contribution in [2.75, 3.05) is 0 Å². The van der Waals surface area contributed by atoms with Crippen LogP contribution in [0.3, 0.4) is 0 Å². The van der Waals surface area contributed by atoms with E-state index in [1.807, 2.05) is 31.2 Å². The van der Waals surface area contributed by atoms with E-state index in [2.05, 4.69) is 11.9 Å². The minimum absolute atomic E-state index is 0.189. The number of hydrogen-bond acceptors (Lipinski definition) is 3. The third kappa shape index (κ3) is 3.72. The Morgan fingerprint density at radius 2 is 1.85 bits per heavy atom. The van der Waals surface area contributed by atoms with Gasteiger partial charge in [0.15, 0.2) is 5.78 Å². The molecule has 0 aliphatic rings. The molecule has 1 aromatic heterocycles. The van der Waals surface area contributed by atoms with Crippen LogP contribution in [-0.4, -0.2) is 15.3 Å². The first kappa shape index (κ1) is 18.7. The fraction of sp³-hybridized carbons (Fsp3) is 0.227. The van der Waals surface area contributed by atoms with Crippen molar-refractivity contribution in [1.29, 1.82) is 0 Å². The molecule has 0 atom stereocenters. The average molecular weight is 364 g/mol. The third-order valence-electron chi connectivity index (χ3n) is 4.47. The van der Waals surface area contributed by atoms with Gasteiger partial charge < -0.3 is 0 Å². The summed E-state index contributed by atoms with van der Waals surface area (Å²) in [6.45, 7) is 5.36. The van der Waals surface area contributed by atoms with Crippen LogP contribution in [0.5, 0.6) is 0 Å². The van der Waals surface area contributed by atoms with E-state index in [4.69, 9.17) is 0 Å². The standard InChI is InChI=1S/C22H21FN2O2/c1-4-15-7-10-17(11-8-15)25-21(5-2)24-20-13-19(23)16(9-6-14(3)26)12-18(20)22(25)27/h6-13H,4-5H2,1-3H3/b9-6+. The number of benzene rings is 2. The summed E-state index contributed by atoms with van der Waals surface area (Å²) in [6, 6.07) is 10.5. The number of carbonyl (C=O) groups excluding carboxylic acids is 1. The molecule has 0 unspecified atom stereocenters. The summed E-state index contributed by atoms with van der Waals surface area (Å²) in [7, 11) is 0. The Balaban J connectivity index is 2.26. The molecule has 0 amide bonds. The molecular formula is C22H21FN2O2. The van der Waals surface area contributed by atoms with Crippen molar-refractivity contribution < 1.29 is 9.18 Å². The molecule has 0 spiro atoms. The SMILES string of the molecule is CCc1ccc(-n2c(CC)nc3cc(F)c(/C=C/C(C)=O)cc3c2=O)cc1. The highest BCUT2D eigenvalue weighted by Crippen LogP contribution is 2.19. The predicted octanol–water partition coefficient (Wildman–Crippen LogP) is 4.25. The molecule has 0 saturated heterocycles. The van der Waals surface area contributed by atoms with Crippen LogP contribution < -0.4 is 5.56 Å². The second-order valence-electron chi connectivity index (χ2n) is 6.38. The molecule has 0 saturated carbocycles. The maximum absolute atomic E-state index is 14.3. The molecular weight excluding hydrogens is 343 g/mol. The lowest BCUT2D eigenvalue weighted by Gasteiger charge is -2.13. The van der Waals surface area contributed by atoms with Gasteiger partial charge in [-0.25, -0.2) is 9.37 Å². The lowest BCUT2D eigenvalue weighted by atomic mass is 10.1. The summed E-state index contributed by atoms with van der Waals surface area (Å²) in [6.07, 6.45) is 4.11. The van der Waals surface area contributed by atoms with Crippen molar-refractivity contribution in [2.24, 2.45) is 0 Å². The maximum Gasteiger partial charge on any atom is 0.265 e. The summed E-state index contributed by atoms with van der Waals surface area (Å²) < 4.78 is 15.9. The molecule has 4 nitrogen and oxygen atoms in total. The zero-order valence-electron chi connectivity index (χ0n) is 15.6. The van der Waals surface area contributed by atoms with Crippen LogP contribution in [0.4, 0.5) is 4.39 Å². The normalized spacial score (nSPS) is 11.4. The molecule has 5 heteroatoms. The second-order valence-corrected chi connectivity index (χ2v) is 6.38. The Morgan fingerprint density at radius 1 is 1.15 bits per heavy atom. The number of carbonyl (C=O) groups is 1.